The van der Waals surface area contributed by atoms with E-state index in [0.29, 0.717) is 17.5 Å². The maximum absolute atomic E-state index is 13.3. The molecule has 1 unspecified atom stereocenters. The lowest BCUT2D eigenvalue weighted by Gasteiger charge is -2.43. The Kier molecular flexibility index (Phi) is 8.62. The van der Waals surface area contributed by atoms with Gasteiger partial charge in [0.15, 0.2) is 0 Å². The van der Waals surface area contributed by atoms with Crippen LogP contribution in [-0.4, -0.2) is 88.8 Å². The molecule has 0 spiro atoms. The van der Waals surface area contributed by atoms with Gasteiger partial charge in [-0.15, -0.1) is 11.8 Å². The summed E-state index contributed by atoms with van der Waals surface area (Å²) in [7, 11) is 0. The van der Waals surface area contributed by atoms with Gasteiger partial charge in [-0.3, -0.25) is 9.69 Å². The van der Waals surface area contributed by atoms with Crippen LogP contribution in [0.4, 0.5) is 10.6 Å². The van der Waals surface area contributed by atoms with Crippen molar-refractivity contribution >= 4 is 29.6 Å². The van der Waals surface area contributed by atoms with Gasteiger partial charge in [-0.2, -0.15) is 5.26 Å². The van der Waals surface area contributed by atoms with Crippen molar-refractivity contribution < 1.29 is 14.3 Å². The van der Waals surface area contributed by atoms with Crippen molar-refractivity contribution in [3.8, 4) is 6.07 Å². The van der Waals surface area contributed by atoms with Crippen molar-refractivity contribution in [2.24, 2.45) is 5.92 Å². The van der Waals surface area contributed by atoms with Crippen LogP contribution in [0.3, 0.4) is 0 Å². The fourth-order valence-electron chi connectivity index (χ4n) is 5.36. The van der Waals surface area contributed by atoms with Crippen LogP contribution in [0.5, 0.6) is 0 Å². The number of carbonyl (C=O) groups excluding carboxylic acids is 2. The number of rotatable bonds is 5. The fourth-order valence-corrected chi connectivity index (χ4v) is 6.31. The first-order valence-corrected chi connectivity index (χ1v) is 14.1. The lowest BCUT2D eigenvalue weighted by atomic mass is 9.80. The maximum atomic E-state index is 13.3. The van der Waals surface area contributed by atoms with E-state index in [1.165, 1.54) is 0 Å². The van der Waals surface area contributed by atoms with Gasteiger partial charge < -0.3 is 19.9 Å². The Morgan fingerprint density at radius 2 is 1.86 bits per heavy atom. The molecule has 2 saturated heterocycles. The summed E-state index contributed by atoms with van der Waals surface area (Å²) in [5.74, 6) is 2.71. The Bertz CT molecular complexity index is 938. The molecule has 3 heterocycles. The van der Waals surface area contributed by atoms with Crippen LogP contribution < -0.4 is 10.2 Å². The molecule has 1 N–H and O–H groups in total. The molecule has 1 aliphatic carbocycles. The third-order valence-corrected chi connectivity index (χ3v) is 8.21. The number of hydrogen-bond donors (Lipinski definition) is 1. The van der Waals surface area contributed by atoms with E-state index in [2.05, 4.69) is 26.2 Å². The van der Waals surface area contributed by atoms with Crippen molar-refractivity contribution in [2.45, 2.75) is 64.1 Å². The number of aromatic nitrogens is 1. The Morgan fingerprint density at radius 1 is 1.14 bits per heavy atom. The molecule has 4 rings (SSSR count). The van der Waals surface area contributed by atoms with Gasteiger partial charge in [0.25, 0.3) is 0 Å². The van der Waals surface area contributed by atoms with Crippen molar-refractivity contribution in [1.82, 2.24) is 20.1 Å². The fraction of sp³-hybridized carbons (Fsp3) is 0.692. The lowest BCUT2D eigenvalue weighted by molar-refractivity contribution is -0.133. The molecule has 10 heteroatoms. The molecule has 0 aromatic carbocycles. The summed E-state index contributed by atoms with van der Waals surface area (Å²) in [4.78, 5) is 37.1. The number of amides is 2. The monoisotopic (exact) mass is 514 g/mol. The van der Waals surface area contributed by atoms with Gasteiger partial charge in [0.1, 0.15) is 23.5 Å². The molecule has 2 amide bonds. The Labute approximate surface area is 218 Å². The highest BCUT2D eigenvalue weighted by atomic mass is 32.2. The van der Waals surface area contributed by atoms with Gasteiger partial charge in [0, 0.05) is 50.7 Å². The molecule has 9 nitrogen and oxygen atoms in total. The van der Waals surface area contributed by atoms with E-state index in [9.17, 15) is 9.59 Å². The minimum atomic E-state index is -0.603. The Hall–Kier alpha value is -2.51. The number of piperazine rings is 1. The lowest BCUT2D eigenvalue weighted by Crippen LogP contribution is -2.55. The molecule has 36 heavy (non-hydrogen) atoms. The van der Waals surface area contributed by atoms with Gasteiger partial charge in [0.2, 0.25) is 5.91 Å². The first kappa shape index (κ1) is 26.6. The van der Waals surface area contributed by atoms with Gasteiger partial charge in [-0.25, -0.2) is 9.78 Å². The molecule has 1 aromatic heterocycles. The standard InChI is InChI=1S/C26H38N6O3S/c1-26(2,3)35-25(34)29-23(24(33)32-14-15-36-18-32)20-5-7-21(8-6-20)30-10-12-31(13-11-30)22-9-4-19(16-27)17-28-22/h4,9,17,20-21,23H,5-8,10-15,18H2,1-3H3,(H,29,34). The number of nitrogens with one attached hydrogen (secondary N) is 1. The summed E-state index contributed by atoms with van der Waals surface area (Å²) >= 11 is 1.75. The first-order valence-electron chi connectivity index (χ1n) is 12.9. The van der Waals surface area contributed by atoms with Crippen molar-refractivity contribution in [3.05, 3.63) is 23.9 Å². The van der Waals surface area contributed by atoms with Gasteiger partial charge in [-0.1, -0.05) is 0 Å². The number of thioether (sulfide) groups is 1. The number of ether oxygens (including phenoxy) is 1. The molecule has 3 fully saturated rings. The second-order valence-electron chi connectivity index (χ2n) is 10.9. The van der Waals surface area contributed by atoms with Crippen LogP contribution in [0, 0.1) is 17.2 Å². The average Bonchev–Trinajstić information content (AvgIpc) is 3.41. The number of nitriles is 1. The number of alkyl carbamates (subject to hydrolysis) is 1. The highest BCUT2D eigenvalue weighted by molar-refractivity contribution is 7.99. The normalized spacial score (nSPS) is 24.2. The largest absolute Gasteiger partial charge is 0.444 e. The minimum absolute atomic E-state index is 0.0258. The molecule has 1 atom stereocenters. The van der Waals surface area contributed by atoms with Crippen LogP contribution in [0.2, 0.25) is 0 Å². The molecule has 0 radical (unpaired) electrons. The van der Waals surface area contributed by atoms with Crippen LogP contribution in [0.15, 0.2) is 18.3 Å². The van der Waals surface area contributed by atoms with Gasteiger partial charge in [0.05, 0.1) is 11.4 Å². The third kappa shape index (κ3) is 6.83. The number of hydrogen-bond acceptors (Lipinski definition) is 8. The minimum Gasteiger partial charge on any atom is -0.444 e. The molecule has 3 aliphatic rings. The highest BCUT2D eigenvalue weighted by Gasteiger charge is 2.38. The summed E-state index contributed by atoms with van der Waals surface area (Å²) in [5.41, 5.74) is -0.0237. The number of carbonyl (C=O) groups is 2. The van der Waals surface area contributed by atoms with E-state index >= 15 is 0 Å². The van der Waals surface area contributed by atoms with E-state index in [-0.39, 0.29) is 11.8 Å². The van der Waals surface area contributed by atoms with Crippen molar-refractivity contribution in [2.75, 3.05) is 49.3 Å². The molecule has 0 bridgehead atoms. The molecule has 1 saturated carbocycles. The zero-order valence-corrected chi connectivity index (χ0v) is 22.4. The smallest absolute Gasteiger partial charge is 0.408 e. The van der Waals surface area contributed by atoms with E-state index in [0.717, 1.165) is 70.0 Å². The van der Waals surface area contributed by atoms with Crippen LogP contribution in [0.25, 0.3) is 0 Å². The van der Waals surface area contributed by atoms with Crippen LogP contribution in [-0.2, 0) is 9.53 Å². The average molecular weight is 515 g/mol. The van der Waals surface area contributed by atoms with Gasteiger partial charge in [-0.05, 0) is 64.5 Å². The summed E-state index contributed by atoms with van der Waals surface area (Å²) in [6, 6.07) is 5.83. The van der Waals surface area contributed by atoms with Crippen LogP contribution >= 0.6 is 11.8 Å². The van der Waals surface area contributed by atoms with E-state index < -0.39 is 17.7 Å². The number of nitrogens with zero attached hydrogens (tertiary/aromatic N) is 5. The molecular weight excluding hydrogens is 476 g/mol. The van der Waals surface area contributed by atoms with Crippen molar-refractivity contribution in [3.63, 3.8) is 0 Å². The molecule has 196 valence electrons. The summed E-state index contributed by atoms with van der Waals surface area (Å²) in [5, 5.41) is 11.9. The summed E-state index contributed by atoms with van der Waals surface area (Å²) in [6.45, 7) is 10.0. The Morgan fingerprint density at radius 3 is 2.42 bits per heavy atom. The number of pyridine rings is 1. The zero-order valence-electron chi connectivity index (χ0n) is 21.6. The maximum Gasteiger partial charge on any atom is 0.408 e. The van der Waals surface area contributed by atoms with E-state index in [1.807, 2.05) is 37.8 Å². The van der Waals surface area contributed by atoms with Gasteiger partial charge >= 0.3 is 6.09 Å². The molecular formula is C26H38N6O3S. The zero-order chi connectivity index (χ0) is 25.7. The van der Waals surface area contributed by atoms with Crippen molar-refractivity contribution in [1.29, 1.82) is 5.26 Å². The molecule has 2 aliphatic heterocycles. The van der Waals surface area contributed by atoms with Crippen LogP contribution in [0.1, 0.15) is 52.0 Å². The summed E-state index contributed by atoms with van der Waals surface area (Å²) in [6.07, 6.45) is 4.99. The molecule has 1 aromatic rings. The predicted octanol–water partition coefficient (Wildman–Crippen LogP) is 3.06. The van der Waals surface area contributed by atoms with E-state index in [1.54, 1.807) is 18.0 Å². The number of anilines is 1. The SMILES string of the molecule is CC(C)(C)OC(=O)NC(C(=O)N1CCSC1)C1CCC(N2CCN(c3ccc(C#N)cn3)CC2)CC1. The predicted molar refractivity (Wildman–Crippen MR) is 141 cm³/mol. The first-order chi connectivity index (χ1) is 17.2. The second kappa shape index (κ2) is 11.7. The third-order valence-electron chi connectivity index (χ3n) is 7.25. The topological polar surface area (TPSA) is 102 Å². The summed E-state index contributed by atoms with van der Waals surface area (Å²) < 4.78 is 5.49. The van der Waals surface area contributed by atoms with E-state index in [4.69, 9.17) is 10.00 Å². The second-order valence-corrected chi connectivity index (χ2v) is 11.9. The quantitative estimate of drug-likeness (QED) is 0.640. The Balaban J connectivity index is 1.31. The highest BCUT2D eigenvalue weighted by Crippen LogP contribution is 2.32.